The average Bonchev–Trinajstić information content (AvgIpc) is 2.73. The van der Waals surface area contributed by atoms with Crippen LogP contribution >= 0.6 is 0 Å². The van der Waals surface area contributed by atoms with Gasteiger partial charge in [-0.25, -0.2) is 13.4 Å². The van der Waals surface area contributed by atoms with E-state index < -0.39 is 10.0 Å². The Labute approximate surface area is 170 Å². The zero-order valence-corrected chi connectivity index (χ0v) is 16.8. The molecular formula is C22H21N3O3S. The van der Waals surface area contributed by atoms with Crippen molar-refractivity contribution in [2.24, 2.45) is 0 Å². The number of aromatic nitrogens is 1. The van der Waals surface area contributed by atoms with Gasteiger partial charge in [-0.05, 0) is 60.9 Å². The Hall–Kier alpha value is -3.03. The number of aryl methyl sites for hydroxylation is 1. The van der Waals surface area contributed by atoms with Crippen LogP contribution in [-0.2, 0) is 23.0 Å². The molecule has 1 aliphatic heterocycles. The number of sulfonamides is 1. The molecule has 4 rings (SSSR count). The second-order valence-electron chi connectivity index (χ2n) is 7.00. The standard InChI is InChI=1S/C22H21N3O3S/c1-16-5-4-8-21(23-16)24-22(26)18-9-11-20(12-10-18)29(27,28)25-14-13-17-6-2-3-7-19(17)15-25/h2-12H,13-15H2,1H3,(H,23,24,26). The van der Waals surface area contributed by atoms with Gasteiger partial charge in [0.25, 0.3) is 5.91 Å². The topological polar surface area (TPSA) is 79.4 Å². The molecule has 0 aliphatic carbocycles. The van der Waals surface area contributed by atoms with E-state index in [-0.39, 0.29) is 10.8 Å². The number of nitrogens with one attached hydrogen (secondary N) is 1. The van der Waals surface area contributed by atoms with Crippen LogP contribution in [0.25, 0.3) is 0 Å². The molecule has 0 unspecified atom stereocenters. The summed E-state index contributed by atoms with van der Waals surface area (Å²) in [6, 6.07) is 19.3. The van der Waals surface area contributed by atoms with E-state index in [4.69, 9.17) is 0 Å². The first-order chi connectivity index (χ1) is 13.9. The molecule has 6 nitrogen and oxygen atoms in total. The van der Waals surface area contributed by atoms with Gasteiger partial charge in [0.15, 0.2) is 0 Å². The highest BCUT2D eigenvalue weighted by atomic mass is 32.2. The van der Waals surface area contributed by atoms with Crippen LogP contribution in [0.3, 0.4) is 0 Å². The molecule has 1 N–H and O–H groups in total. The number of hydrogen-bond donors (Lipinski definition) is 1. The van der Waals surface area contributed by atoms with Crippen molar-refractivity contribution in [3.8, 4) is 0 Å². The molecule has 2 heterocycles. The number of rotatable bonds is 4. The van der Waals surface area contributed by atoms with Crippen LogP contribution in [0.2, 0.25) is 0 Å². The van der Waals surface area contributed by atoms with Crippen molar-refractivity contribution < 1.29 is 13.2 Å². The van der Waals surface area contributed by atoms with E-state index in [1.165, 1.54) is 34.1 Å². The fourth-order valence-electron chi connectivity index (χ4n) is 3.40. The monoisotopic (exact) mass is 407 g/mol. The second-order valence-corrected chi connectivity index (χ2v) is 8.94. The van der Waals surface area contributed by atoms with E-state index in [0.717, 1.165) is 11.3 Å². The third-order valence-corrected chi connectivity index (χ3v) is 6.84. The van der Waals surface area contributed by atoms with Crippen molar-refractivity contribution in [3.05, 3.63) is 89.1 Å². The van der Waals surface area contributed by atoms with Crippen LogP contribution in [-0.4, -0.2) is 30.2 Å². The van der Waals surface area contributed by atoms with Crippen molar-refractivity contribution in [1.29, 1.82) is 0 Å². The highest BCUT2D eigenvalue weighted by Gasteiger charge is 2.28. The molecular weight excluding hydrogens is 386 g/mol. The molecule has 1 aliphatic rings. The van der Waals surface area contributed by atoms with Gasteiger partial charge in [-0.2, -0.15) is 4.31 Å². The molecule has 0 fully saturated rings. The van der Waals surface area contributed by atoms with E-state index >= 15 is 0 Å². The van der Waals surface area contributed by atoms with Gasteiger partial charge in [0.05, 0.1) is 4.90 Å². The third kappa shape index (κ3) is 4.06. The minimum atomic E-state index is -3.62. The van der Waals surface area contributed by atoms with Crippen LogP contribution in [0.15, 0.2) is 71.6 Å². The summed E-state index contributed by atoms with van der Waals surface area (Å²) >= 11 is 0. The van der Waals surface area contributed by atoms with Crippen LogP contribution in [0.1, 0.15) is 27.2 Å². The number of amides is 1. The number of carbonyl (C=O) groups excluding carboxylic acids is 1. The van der Waals surface area contributed by atoms with E-state index in [0.29, 0.717) is 30.9 Å². The first kappa shape index (κ1) is 19.3. The van der Waals surface area contributed by atoms with Gasteiger partial charge < -0.3 is 5.32 Å². The summed E-state index contributed by atoms with van der Waals surface area (Å²) < 4.78 is 27.5. The maximum absolute atomic E-state index is 13.0. The van der Waals surface area contributed by atoms with Crippen LogP contribution in [0.5, 0.6) is 0 Å². The Morgan fingerprint density at radius 3 is 2.41 bits per heavy atom. The Bertz CT molecular complexity index is 1160. The minimum Gasteiger partial charge on any atom is -0.307 e. The molecule has 1 amide bonds. The number of fused-ring (bicyclic) bond motifs is 1. The largest absolute Gasteiger partial charge is 0.307 e. The number of carbonyl (C=O) groups is 1. The van der Waals surface area contributed by atoms with Crippen molar-refractivity contribution in [3.63, 3.8) is 0 Å². The fourth-order valence-corrected chi connectivity index (χ4v) is 4.82. The number of anilines is 1. The molecule has 0 saturated carbocycles. The third-order valence-electron chi connectivity index (χ3n) is 4.98. The highest BCUT2D eigenvalue weighted by Crippen LogP contribution is 2.25. The van der Waals surface area contributed by atoms with Crippen molar-refractivity contribution >= 4 is 21.7 Å². The number of hydrogen-bond acceptors (Lipinski definition) is 4. The predicted octanol–water partition coefficient (Wildman–Crippen LogP) is 3.39. The summed E-state index contributed by atoms with van der Waals surface area (Å²) in [5.41, 5.74) is 3.39. The highest BCUT2D eigenvalue weighted by molar-refractivity contribution is 7.89. The number of nitrogens with zero attached hydrogens (tertiary/aromatic N) is 2. The first-order valence-electron chi connectivity index (χ1n) is 9.35. The quantitative estimate of drug-likeness (QED) is 0.719. The number of pyridine rings is 1. The van der Waals surface area contributed by atoms with Crippen LogP contribution in [0, 0.1) is 6.92 Å². The second kappa shape index (κ2) is 7.77. The van der Waals surface area contributed by atoms with E-state index in [1.807, 2.05) is 43.3 Å². The maximum Gasteiger partial charge on any atom is 0.256 e. The Kier molecular flexibility index (Phi) is 5.17. The van der Waals surface area contributed by atoms with Gasteiger partial charge in [-0.3, -0.25) is 4.79 Å². The number of benzene rings is 2. The Morgan fingerprint density at radius 1 is 0.966 bits per heavy atom. The average molecular weight is 407 g/mol. The van der Waals surface area contributed by atoms with Gasteiger partial charge >= 0.3 is 0 Å². The molecule has 0 saturated heterocycles. The molecule has 148 valence electrons. The summed E-state index contributed by atoms with van der Waals surface area (Å²) in [7, 11) is -3.62. The molecule has 7 heteroatoms. The van der Waals surface area contributed by atoms with Gasteiger partial charge in [-0.15, -0.1) is 0 Å². The van der Waals surface area contributed by atoms with E-state index in [9.17, 15) is 13.2 Å². The first-order valence-corrected chi connectivity index (χ1v) is 10.8. The zero-order valence-electron chi connectivity index (χ0n) is 16.0. The van der Waals surface area contributed by atoms with Crippen molar-refractivity contribution in [2.45, 2.75) is 24.8 Å². The lowest BCUT2D eigenvalue weighted by molar-refractivity contribution is 0.102. The minimum absolute atomic E-state index is 0.183. The fraction of sp³-hybridized carbons (Fsp3) is 0.182. The molecule has 0 spiro atoms. The molecule has 0 bridgehead atoms. The molecule has 3 aromatic rings. The van der Waals surface area contributed by atoms with E-state index in [1.54, 1.807) is 6.07 Å². The zero-order chi connectivity index (χ0) is 20.4. The SMILES string of the molecule is Cc1cccc(NC(=O)c2ccc(S(=O)(=O)N3CCc4ccccc4C3)cc2)n1. The lowest BCUT2D eigenvalue weighted by Gasteiger charge is -2.28. The van der Waals surface area contributed by atoms with Gasteiger partial charge in [0.1, 0.15) is 5.82 Å². The van der Waals surface area contributed by atoms with Gasteiger partial charge in [-0.1, -0.05) is 30.3 Å². The molecule has 1 aromatic heterocycles. The summed E-state index contributed by atoms with van der Waals surface area (Å²) in [5.74, 6) is 0.123. The Balaban J connectivity index is 1.50. The van der Waals surface area contributed by atoms with Crippen molar-refractivity contribution in [1.82, 2.24) is 9.29 Å². The van der Waals surface area contributed by atoms with Crippen LogP contribution < -0.4 is 5.32 Å². The van der Waals surface area contributed by atoms with Crippen LogP contribution in [0.4, 0.5) is 5.82 Å². The molecule has 0 radical (unpaired) electrons. The van der Waals surface area contributed by atoms with Gasteiger partial charge in [0.2, 0.25) is 10.0 Å². The summed E-state index contributed by atoms with van der Waals surface area (Å²) in [5, 5.41) is 2.72. The Morgan fingerprint density at radius 2 is 1.69 bits per heavy atom. The lowest BCUT2D eigenvalue weighted by Crippen LogP contribution is -2.35. The maximum atomic E-state index is 13.0. The summed E-state index contributed by atoms with van der Waals surface area (Å²) in [4.78, 5) is 16.8. The van der Waals surface area contributed by atoms with E-state index in [2.05, 4.69) is 10.3 Å². The van der Waals surface area contributed by atoms with Gasteiger partial charge in [0, 0.05) is 24.3 Å². The van der Waals surface area contributed by atoms with Crippen molar-refractivity contribution in [2.75, 3.05) is 11.9 Å². The molecule has 2 aromatic carbocycles. The smallest absolute Gasteiger partial charge is 0.256 e. The molecule has 29 heavy (non-hydrogen) atoms. The predicted molar refractivity (Wildman–Crippen MR) is 111 cm³/mol. The lowest BCUT2D eigenvalue weighted by atomic mass is 10.0. The summed E-state index contributed by atoms with van der Waals surface area (Å²) in [6.07, 6.45) is 0.694. The molecule has 0 atom stereocenters. The summed E-state index contributed by atoms with van der Waals surface area (Å²) in [6.45, 7) is 2.65. The normalized spacial score (nSPS) is 14.2.